The Morgan fingerprint density at radius 3 is 2.39 bits per heavy atom. The number of benzene rings is 2. The molecule has 3 rings (SSSR count). The van der Waals surface area contributed by atoms with Crippen LogP contribution in [0.2, 0.25) is 0 Å². The number of nitrogens with zero attached hydrogens (tertiary/aromatic N) is 1. The first kappa shape index (κ1) is 22.3. The fourth-order valence-corrected chi connectivity index (χ4v) is 3.55. The zero-order chi connectivity index (χ0) is 22.7. The van der Waals surface area contributed by atoms with Gasteiger partial charge in [0.05, 0.1) is 12.1 Å². The zero-order valence-corrected chi connectivity index (χ0v) is 16.6. The van der Waals surface area contributed by atoms with Crippen molar-refractivity contribution in [3.8, 4) is 0 Å². The Labute approximate surface area is 176 Å². The lowest BCUT2D eigenvalue weighted by Crippen LogP contribution is -2.38. The van der Waals surface area contributed by atoms with E-state index in [-0.39, 0.29) is 42.0 Å². The predicted molar refractivity (Wildman–Crippen MR) is 104 cm³/mol. The largest absolute Gasteiger partial charge is 0.458 e. The molecule has 0 unspecified atom stereocenters. The molecule has 31 heavy (non-hydrogen) atoms. The van der Waals surface area contributed by atoms with Crippen molar-refractivity contribution >= 4 is 11.9 Å². The van der Waals surface area contributed by atoms with E-state index in [1.807, 2.05) is 0 Å². The number of allylic oxidation sites excluding steroid dienone is 1. The predicted octanol–water partition coefficient (Wildman–Crippen LogP) is 4.76. The minimum absolute atomic E-state index is 0.00511. The van der Waals surface area contributed by atoms with E-state index in [4.69, 9.17) is 4.74 Å². The van der Waals surface area contributed by atoms with Gasteiger partial charge in [0, 0.05) is 35.7 Å². The van der Waals surface area contributed by atoms with E-state index in [1.165, 1.54) is 30.0 Å². The van der Waals surface area contributed by atoms with Crippen molar-refractivity contribution < 1.29 is 31.9 Å². The highest BCUT2D eigenvalue weighted by Gasteiger charge is 2.38. The average molecular weight is 433 g/mol. The number of ether oxygens (including phenoxy) is 1. The average Bonchev–Trinajstić information content (AvgIpc) is 2.70. The number of rotatable bonds is 6. The molecule has 0 saturated carbocycles. The summed E-state index contributed by atoms with van der Waals surface area (Å²) in [7, 11) is 0. The van der Waals surface area contributed by atoms with Gasteiger partial charge in [-0.1, -0.05) is 24.8 Å². The monoisotopic (exact) mass is 433 g/mol. The fourth-order valence-electron chi connectivity index (χ4n) is 3.55. The van der Waals surface area contributed by atoms with Crippen LogP contribution in [0.3, 0.4) is 0 Å². The number of esters is 1. The van der Waals surface area contributed by atoms with Crippen molar-refractivity contribution in [2.24, 2.45) is 0 Å². The number of hydrogen-bond donors (Lipinski definition) is 0. The Morgan fingerprint density at radius 2 is 1.77 bits per heavy atom. The van der Waals surface area contributed by atoms with Crippen LogP contribution in [0.25, 0.3) is 0 Å². The summed E-state index contributed by atoms with van der Waals surface area (Å²) in [6.07, 6.45) is 1.03. The normalized spacial score (nSPS) is 16.5. The standard InChI is InChI=1S/C23H19F4NO3/c1-3-8-31-23(30)22-13(2)28(12-14-4-5-15(24)9-19(14)26)21(29)11-18(22)17-7-6-16(25)10-20(17)27/h3-7,9-10,18H,1,8,11-12H2,2H3/t18-/m0/s1. The van der Waals surface area contributed by atoms with Gasteiger partial charge < -0.3 is 9.64 Å². The molecule has 8 heteroatoms. The summed E-state index contributed by atoms with van der Waals surface area (Å²) in [5, 5.41) is 0. The SMILES string of the molecule is C=CCOC(=O)C1=C(C)N(Cc2ccc(F)cc2F)C(=O)C[C@H]1c1ccc(F)cc1F. The third kappa shape index (κ3) is 4.68. The first-order valence-corrected chi connectivity index (χ1v) is 9.41. The lowest BCUT2D eigenvalue weighted by atomic mass is 9.83. The summed E-state index contributed by atoms with van der Waals surface area (Å²) in [6.45, 7) is 4.55. The van der Waals surface area contributed by atoms with Gasteiger partial charge in [-0.15, -0.1) is 0 Å². The van der Waals surface area contributed by atoms with Gasteiger partial charge in [0.2, 0.25) is 5.91 Å². The minimum Gasteiger partial charge on any atom is -0.458 e. The van der Waals surface area contributed by atoms with Gasteiger partial charge in [-0.3, -0.25) is 4.79 Å². The highest BCUT2D eigenvalue weighted by Crippen LogP contribution is 2.39. The summed E-state index contributed by atoms with van der Waals surface area (Å²) in [6, 6.07) is 5.83. The molecule has 0 saturated heterocycles. The molecule has 0 aliphatic carbocycles. The summed E-state index contributed by atoms with van der Waals surface area (Å²) in [4.78, 5) is 26.8. The third-order valence-electron chi connectivity index (χ3n) is 5.06. The maximum atomic E-state index is 14.5. The van der Waals surface area contributed by atoms with Crippen LogP contribution in [0.5, 0.6) is 0 Å². The topological polar surface area (TPSA) is 46.6 Å². The number of carbonyl (C=O) groups is 2. The molecule has 0 N–H and O–H groups in total. The van der Waals surface area contributed by atoms with Gasteiger partial charge in [0.25, 0.3) is 0 Å². The highest BCUT2D eigenvalue weighted by molar-refractivity contribution is 5.96. The summed E-state index contributed by atoms with van der Waals surface area (Å²) in [5.41, 5.74) is 0.142. The van der Waals surface area contributed by atoms with Gasteiger partial charge in [0.1, 0.15) is 29.9 Å². The lowest BCUT2D eigenvalue weighted by Gasteiger charge is -2.34. The molecule has 1 atom stereocenters. The van der Waals surface area contributed by atoms with Gasteiger partial charge in [0.15, 0.2) is 0 Å². The van der Waals surface area contributed by atoms with Crippen LogP contribution in [-0.2, 0) is 20.9 Å². The quantitative estimate of drug-likeness (QED) is 0.375. The Kier molecular flexibility index (Phi) is 6.58. The van der Waals surface area contributed by atoms with Crippen LogP contribution < -0.4 is 0 Å². The molecular weight excluding hydrogens is 414 g/mol. The molecule has 2 aromatic rings. The van der Waals surface area contributed by atoms with Gasteiger partial charge in [-0.2, -0.15) is 0 Å². The van der Waals surface area contributed by atoms with Gasteiger partial charge in [-0.25, -0.2) is 22.4 Å². The smallest absolute Gasteiger partial charge is 0.336 e. The molecule has 0 radical (unpaired) electrons. The molecule has 4 nitrogen and oxygen atoms in total. The van der Waals surface area contributed by atoms with Gasteiger partial charge in [-0.05, 0) is 24.6 Å². The maximum absolute atomic E-state index is 14.5. The summed E-state index contributed by atoms with van der Waals surface area (Å²) in [5.74, 6) is -5.63. The lowest BCUT2D eigenvalue weighted by molar-refractivity contribution is -0.139. The Balaban J connectivity index is 2.07. The molecule has 0 bridgehead atoms. The van der Waals surface area contributed by atoms with Crippen LogP contribution in [-0.4, -0.2) is 23.4 Å². The maximum Gasteiger partial charge on any atom is 0.336 e. The zero-order valence-electron chi connectivity index (χ0n) is 16.6. The van der Waals surface area contributed by atoms with Crippen molar-refractivity contribution in [1.29, 1.82) is 0 Å². The molecule has 1 heterocycles. The van der Waals surface area contributed by atoms with E-state index in [2.05, 4.69) is 6.58 Å². The first-order valence-electron chi connectivity index (χ1n) is 9.41. The number of carbonyl (C=O) groups excluding carboxylic acids is 2. The van der Waals surface area contributed by atoms with E-state index in [9.17, 15) is 27.2 Å². The van der Waals surface area contributed by atoms with Crippen molar-refractivity contribution in [1.82, 2.24) is 4.90 Å². The Hall–Kier alpha value is -3.42. The van der Waals surface area contributed by atoms with E-state index in [1.54, 1.807) is 0 Å². The second-order valence-electron chi connectivity index (χ2n) is 7.02. The number of halogens is 4. The van der Waals surface area contributed by atoms with E-state index < -0.39 is 41.1 Å². The van der Waals surface area contributed by atoms with Gasteiger partial charge >= 0.3 is 5.97 Å². The van der Waals surface area contributed by atoms with Crippen LogP contribution in [0, 0.1) is 23.3 Å². The molecule has 162 valence electrons. The molecule has 2 aromatic carbocycles. The Morgan fingerprint density at radius 1 is 1.13 bits per heavy atom. The second kappa shape index (κ2) is 9.16. The fraction of sp³-hybridized carbons (Fsp3) is 0.217. The van der Waals surface area contributed by atoms with Crippen molar-refractivity contribution in [3.63, 3.8) is 0 Å². The van der Waals surface area contributed by atoms with Crippen LogP contribution in [0.15, 0.2) is 60.3 Å². The molecular formula is C23H19F4NO3. The minimum atomic E-state index is -1.01. The molecule has 1 aliphatic rings. The molecule has 0 aromatic heterocycles. The molecule has 1 aliphatic heterocycles. The van der Waals surface area contributed by atoms with Crippen LogP contribution in [0.4, 0.5) is 17.6 Å². The van der Waals surface area contributed by atoms with Crippen molar-refractivity contribution in [3.05, 3.63) is 94.7 Å². The molecule has 0 spiro atoms. The number of amides is 1. The number of hydrogen-bond acceptors (Lipinski definition) is 3. The highest BCUT2D eigenvalue weighted by atomic mass is 19.1. The summed E-state index contributed by atoms with van der Waals surface area (Å²) < 4.78 is 60.3. The molecule has 0 fully saturated rings. The second-order valence-corrected chi connectivity index (χ2v) is 7.02. The molecule has 1 amide bonds. The van der Waals surface area contributed by atoms with E-state index in [0.717, 1.165) is 12.1 Å². The van der Waals surface area contributed by atoms with Crippen LogP contribution >= 0.6 is 0 Å². The summed E-state index contributed by atoms with van der Waals surface area (Å²) >= 11 is 0. The van der Waals surface area contributed by atoms with Crippen molar-refractivity contribution in [2.75, 3.05) is 6.61 Å². The van der Waals surface area contributed by atoms with E-state index in [0.29, 0.717) is 12.1 Å². The van der Waals surface area contributed by atoms with E-state index >= 15 is 0 Å². The first-order chi connectivity index (χ1) is 14.7. The Bertz CT molecular complexity index is 1080. The third-order valence-corrected chi connectivity index (χ3v) is 5.06. The van der Waals surface area contributed by atoms with Crippen molar-refractivity contribution in [2.45, 2.75) is 25.8 Å². The van der Waals surface area contributed by atoms with Crippen LogP contribution in [0.1, 0.15) is 30.4 Å².